The third kappa shape index (κ3) is 3.57. The first kappa shape index (κ1) is 17.2. The van der Waals surface area contributed by atoms with Crippen LogP contribution in [0.25, 0.3) is 5.69 Å². The molecule has 1 aromatic carbocycles. The number of para-hydroxylation sites is 1. The van der Waals surface area contributed by atoms with Crippen molar-refractivity contribution in [3.8, 4) is 5.69 Å². The van der Waals surface area contributed by atoms with Gasteiger partial charge in [0.1, 0.15) is 0 Å². The fourth-order valence-corrected chi connectivity index (χ4v) is 3.06. The van der Waals surface area contributed by atoms with Crippen molar-refractivity contribution < 1.29 is 14.3 Å². The molecule has 1 aliphatic rings. The van der Waals surface area contributed by atoms with Gasteiger partial charge in [-0.3, -0.25) is 4.79 Å². The molecule has 1 N–H and O–H groups in total. The molecule has 132 valence electrons. The Kier molecular flexibility index (Phi) is 4.88. The molecule has 0 saturated heterocycles. The zero-order chi connectivity index (χ0) is 18.0. The summed E-state index contributed by atoms with van der Waals surface area (Å²) in [5, 5.41) is 7.23. The van der Waals surface area contributed by atoms with Gasteiger partial charge in [0.2, 0.25) is 0 Å². The van der Waals surface area contributed by atoms with Gasteiger partial charge in [-0.25, -0.2) is 9.48 Å². The van der Waals surface area contributed by atoms with Crippen LogP contribution in [0, 0.1) is 0 Å². The molecule has 0 bridgehead atoms. The number of aromatic nitrogens is 2. The summed E-state index contributed by atoms with van der Waals surface area (Å²) in [7, 11) is 0. The summed E-state index contributed by atoms with van der Waals surface area (Å²) in [6.45, 7) is 5.30. The van der Waals surface area contributed by atoms with Gasteiger partial charge < -0.3 is 10.1 Å². The Morgan fingerprint density at radius 1 is 1.16 bits per heavy atom. The number of hydrogen-bond donors (Lipinski definition) is 1. The van der Waals surface area contributed by atoms with Crippen LogP contribution in [0.15, 0.2) is 30.3 Å². The van der Waals surface area contributed by atoms with Gasteiger partial charge in [-0.2, -0.15) is 5.10 Å². The second kappa shape index (κ2) is 7.09. The van der Waals surface area contributed by atoms with Gasteiger partial charge in [0.25, 0.3) is 5.91 Å². The zero-order valence-electron chi connectivity index (χ0n) is 14.8. The van der Waals surface area contributed by atoms with E-state index in [1.165, 1.54) is 0 Å². The average molecular weight is 341 g/mol. The number of fused-ring (bicyclic) bond motifs is 1. The maximum Gasteiger partial charge on any atom is 0.359 e. The summed E-state index contributed by atoms with van der Waals surface area (Å²) >= 11 is 0. The number of esters is 1. The maximum absolute atomic E-state index is 12.6. The second-order valence-electron chi connectivity index (χ2n) is 6.59. The molecule has 0 spiro atoms. The molecule has 6 nitrogen and oxygen atoms in total. The lowest BCUT2D eigenvalue weighted by atomic mass is 10.2. The van der Waals surface area contributed by atoms with Crippen molar-refractivity contribution in [3.05, 3.63) is 47.3 Å². The van der Waals surface area contributed by atoms with E-state index in [4.69, 9.17) is 4.74 Å². The molecule has 0 aliphatic heterocycles. The van der Waals surface area contributed by atoms with Crippen molar-refractivity contribution in [1.82, 2.24) is 15.1 Å². The molecule has 1 heterocycles. The highest BCUT2D eigenvalue weighted by Gasteiger charge is 2.29. The van der Waals surface area contributed by atoms with Gasteiger partial charge >= 0.3 is 5.97 Å². The number of nitrogens with one attached hydrogen (secondary N) is 1. The van der Waals surface area contributed by atoms with Crippen LogP contribution < -0.4 is 5.32 Å². The number of carbonyl (C=O) groups excluding carboxylic acids is 2. The van der Waals surface area contributed by atoms with Crippen molar-refractivity contribution in [1.29, 1.82) is 0 Å². The summed E-state index contributed by atoms with van der Waals surface area (Å²) in [5.41, 5.74) is 3.23. The Hall–Kier alpha value is -2.63. The van der Waals surface area contributed by atoms with Gasteiger partial charge in [-0.15, -0.1) is 0 Å². The zero-order valence-corrected chi connectivity index (χ0v) is 14.8. The van der Waals surface area contributed by atoms with Crippen molar-refractivity contribution in [3.63, 3.8) is 0 Å². The fraction of sp³-hybridized carbons (Fsp3) is 0.421. The van der Waals surface area contributed by atoms with Crippen molar-refractivity contribution in [2.45, 2.75) is 52.2 Å². The van der Waals surface area contributed by atoms with E-state index in [0.717, 1.165) is 36.2 Å². The standard InChI is InChI=1S/C19H23N3O3/c1-12(2)20-18(23)13(3)25-19(24)17-15-10-7-11-16(15)22(21-17)14-8-5-4-6-9-14/h4-6,8-9,12-13H,7,10-11H2,1-3H3,(H,20,23)/t13-/m1/s1. The molecule has 1 aliphatic carbocycles. The van der Waals surface area contributed by atoms with Crippen molar-refractivity contribution >= 4 is 11.9 Å². The number of rotatable bonds is 5. The first-order valence-electron chi connectivity index (χ1n) is 8.65. The van der Waals surface area contributed by atoms with E-state index >= 15 is 0 Å². The molecule has 25 heavy (non-hydrogen) atoms. The molecule has 0 saturated carbocycles. The fourth-order valence-electron chi connectivity index (χ4n) is 3.06. The van der Waals surface area contributed by atoms with Crippen LogP contribution in [-0.2, 0) is 22.4 Å². The lowest BCUT2D eigenvalue weighted by Gasteiger charge is -2.15. The van der Waals surface area contributed by atoms with Crippen molar-refractivity contribution in [2.75, 3.05) is 0 Å². The maximum atomic E-state index is 12.6. The normalized spacial score (nSPS) is 14.2. The van der Waals surface area contributed by atoms with Crippen LogP contribution >= 0.6 is 0 Å². The molecular formula is C19H23N3O3. The third-order valence-electron chi connectivity index (χ3n) is 4.21. The highest BCUT2D eigenvalue weighted by atomic mass is 16.5. The van der Waals surface area contributed by atoms with Gasteiger partial charge in [0.15, 0.2) is 11.8 Å². The summed E-state index contributed by atoms with van der Waals surface area (Å²) in [4.78, 5) is 24.5. The predicted molar refractivity (Wildman–Crippen MR) is 93.7 cm³/mol. The topological polar surface area (TPSA) is 73.2 Å². The van der Waals surface area contributed by atoms with Crippen molar-refractivity contribution in [2.24, 2.45) is 0 Å². The minimum absolute atomic E-state index is 0.00446. The summed E-state index contributed by atoms with van der Waals surface area (Å²) in [6, 6.07) is 9.73. The first-order valence-corrected chi connectivity index (χ1v) is 8.65. The van der Waals surface area contributed by atoms with E-state index in [9.17, 15) is 9.59 Å². The number of amides is 1. The van der Waals surface area contributed by atoms with Gasteiger partial charge in [0, 0.05) is 17.3 Å². The lowest BCUT2D eigenvalue weighted by molar-refractivity contribution is -0.129. The lowest BCUT2D eigenvalue weighted by Crippen LogP contribution is -2.39. The van der Waals surface area contributed by atoms with Gasteiger partial charge in [-0.05, 0) is 52.2 Å². The Morgan fingerprint density at radius 3 is 2.56 bits per heavy atom. The van der Waals surface area contributed by atoms with E-state index in [-0.39, 0.29) is 11.9 Å². The summed E-state index contributed by atoms with van der Waals surface area (Å²) < 4.78 is 7.16. The van der Waals surface area contributed by atoms with Gasteiger partial charge in [0.05, 0.1) is 5.69 Å². The minimum atomic E-state index is -0.853. The van der Waals surface area contributed by atoms with E-state index in [0.29, 0.717) is 5.69 Å². The Labute approximate surface area is 147 Å². The molecule has 3 rings (SSSR count). The molecule has 0 unspecified atom stereocenters. The van der Waals surface area contributed by atoms with E-state index in [1.54, 1.807) is 6.92 Å². The second-order valence-corrected chi connectivity index (χ2v) is 6.59. The van der Waals surface area contributed by atoms with Crippen LogP contribution in [0.5, 0.6) is 0 Å². The molecule has 1 aromatic heterocycles. The molecular weight excluding hydrogens is 318 g/mol. The number of carbonyl (C=O) groups is 2. The van der Waals surface area contributed by atoms with Gasteiger partial charge in [-0.1, -0.05) is 18.2 Å². The van der Waals surface area contributed by atoms with Crippen LogP contribution in [0.4, 0.5) is 0 Å². The quantitative estimate of drug-likeness (QED) is 0.848. The number of ether oxygens (including phenoxy) is 1. The SMILES string of the molecule is CC(C)NC(=O)[C@@H](C)OC(=O)c1nn(-c2ccccc2)c2c1CCC2. The largest absolute Gasteiger partial charge is 0.448 e. The van der Waals surface area contributed by atoms with E-state index in [2.05, 4.69) is 10.4 Å². The smallest absolute Gasteiger partial charge is 0.359 e. The first-order chi connectivity index (χ1) is 12.0. The highest BCUT2D eigenvalue weighted by molar-refractivity contribution is 5.92. The number of nitrogens with zero attached hydrogens (tertiary/aromatic N) is 2. The summed E-state index contributed by atoms with van der Waals surface area (Å²) in [6.07, 6.45) is 1.82. The Bertz CT molecular complexity index is 781. The number of hydrogen-bond acceptors (Lipinski definition) is 4. The molecule has 1 amide bonds. The predicted octanol–water partition coefficient (Wildman–Crippen LogP) is 2.43. The molecule has 2 aromatic rings. The molecule has 1 atom stereocenters. The molecule has 0 fully saturated rings. The molecule has 6 heteroatoms. The third-order valence-corrected chi connectivity index (χ3v) is 4.21. The minimum Gasteiger partial charge on any atom is -0.448 e. The van der Waals surface area contributed by atoms with Crippen LogP contribution in [0.3, 0.4) is 0 Å². The Morgan fingerprint density at radius 2 is 1.88 bits per heavy atom. The average Bonchev–Trinajstić information content (AvgIpc) is 3.17. The Balaban J connectivity index is 1.83. The van der Waals surface area contributed by atoms with Crippen LogP contribution in [0.2, 0.25) is 0 Å². The highest BCUT2D eigenvalue weighted by Crippen LogP contribution is 2.28. The van der Waals surface area contributed by atoms with E-state index < -0.39 is 12.1 Å². The monoisotopic (exact) mass is 341 g/mol. The van der Waals surface area contributed by atoms with Crippen LogP contribution in [-0.4, -0.2) is 33.8 Å². The van der Waals surface area contributed by atoms with E-state index in [1.807, 2.05) is 48.9 Å². The van der Waals surface area contributed by atoms with Crippen LogP contribution in [0.1, 0.15) is 48.9 Å². The molecule has 0 radical (unpaired) electrons. The number of benzene rings is 1. The summed E-state index contributed by atoms with van der Waals surface area (Å²) in [5.74, 6) is -0.846.